The van der Waals surface area contributed by atoms with Crippen LogP contribution in [0.15, 0.2) is 18.2 Å². The maximum Gasteiger partial charge on any atom is 0.0606 e. The Balaban J connectivity index is 2.83. The molecule has 0 aliphatic carbocycles. The summed E-state index contributed by atoms with van der Waals surface area (Å²) >= 11 is 6.09. The molecule has 0 aromatic heterocycles. The predicted octanol–water partition coefficient (Wildman–Crippen LogP) is 2.90. The second-order valence-electron chi connectivity index (χ2n) is 5.10. The van der Waals surface area contributed by atoms with Gasteiger partial charge < -0.3 is 15.3 Å². The fourth-order valence-corrected chi connectivity index (χ4v) is 2.21. The quantitative estimate of drug-likeness (QED) is 0.770. The van der Waals surface area contributed by atoms with E-state index in [1.165, 1.54) is 5.56 Å². The van der Waals surface area contributed by atoms with Crippen LogP contribution in [0.4, 0.5) is 5.69 Å². The standard InChI is InChI=1S/C15H25ClN2O/c1-4-18(7-8-19)15-9-14(16)6-5-13(15)11-17-10-12(2)3/h5-6,9,12,17,19H,4,7-8,10-11H2,1-3H3. The third-order valence-corrected chi connectivity index (χ3v) is 3.24. The number of anilines is 1. The smallest absolute Gasteiger partial charge is 0.0606 e. The van der Waals surface area contributed by atoms with Gasteiger partial charge in [-0.1, -0.05) is 31.5 Å². The van der Waals surface area contributed by atoms with Crippen LogP contribution in [0, 0.1) is 5.92 Å². The molecule has 0 atom stereocenters. The van der Waals surface area contributed by atoms with Gasteiger partial charge in [0, 0.05) is 30.3 Å². The van der Waals surface area contributed by atoms with Crippen molar-refractivity contribution < 1.29 is 5.11 Å². The van der Waals surface area contributed by atoms with Gasteiger partial charge in [-0.15, -0.1) is 0 Å². The SMILES string of the molecule is CCN(CCO)c1cc(Cl)ccc1CNCC(C)C. The van der Waals surface area contributed by atoms with Gasteiger partial charge in [-0.25, -0.2) is 0 Å². The van der Waals surface area contributed by atoms with Gasteiger partial charge in [-0.05, 0) is 37.1 Å². The van der Waals surface area contributed by atoms with Crippen molar-refractivity contribution in [2.45, 2.75) is 27.3 Å². The van der Waals surface area contributed by atoms with Crippen LogP contribution in [0.2, 0.25) is 5.02 Å². The summed E-state index contributed by atoms with van der Waals surface area (Å²) < 4.78 is 0. The zero-order chi connectivity index (χ0) is 14.3. The van der Waals surface area contributed by atoms with Crippen LogP contribution in [0.25, 0.3) is 0 Å². The van der Waals surface area contributed by atoms with E-state index in [1.807, 2.05) is 12.1 Å². The monoisotopic (exact) mass is 284 g/mol. The maximum atomic E-state index is 9.15. The number of benzene rings is 1. The van der Waals surface area contributed by atoms with Gasteiger partial charge in [0.15, 0.2) is 0 Å². The highest BCUT2D eigenvalue weighted by molar-refractivity contribution is 6.30. The molecule has 0 aliphatic heterocycles. The number of aliphatic hydroxyl groups is 1. The zero-order valence-corrected chi connectivity index (χ0v) is 12.9. The molecule has 0 radical (unpaired) electrons. The van der Waals surface area contributed by atoms with Gasteiger partial charge in [-0.2, -0.15) is 0 Å². The topological polar surface area (TPSA) is 35.5 Å². The molecule has 108 valence electrons. The third-order valence-electron chi connectivity index (χ3n) is 3.01. The van der Waals surface area contributed by atoms with Crippen molar-refractivity contribution in [1.82, 2.24) is 5.32 Å². The van der Waals surface area contributed by atoms with Crippen LogP contribution in [0.1, 0.15) is 26.3 Å². The highest BCUT2D eigenvalue weighted by Gasteiger charge is 2.10. The first-order chi connectivity index (χ1) is 9.08. The number of nitrogens with one attached hydrogen (secondary N) is 1. The van der Waals surface area contributed by atoms with Crippen molar-refractivity contribution in [3.05, 3.63) is 28.8 Å². The average Bonchev–Trinajstić information content (AvgIpc) is 2.37. The van der Waals surface area contributed by atoms with Gasteiger partial charge >= 0.3 is 0 Å². The molecule has 2 N–H and O–H groups in total. The van der Waals surface area contributed by atoms with E-state index in [9.17, 15) is 0 Å². The largest absolute Gasteiger partial charge is 0.395 e. The summed E-state index contributed by atoms with van der Waals surface area (Å²) in [7, 11) is 0. The molecule has 19 heavy (non-hydrogen) atoms. The van der Waals surface area contributed by atoms with E-state index in [2.05, 4.69) is 37.1 Å². The molecule has 3 nitrogen and oxygen atoms in total. The molecule has 1 aromatic carbocycles. The number of halogens is 1. The minimum atomic E-state index is 0.152. The van der Waals surface area contributed by atoms with Gasteiger partial charge in [0.25, 0.3) is 0 Å². The minimum Gasteiger partial charge on any atom is -0.395 e. The van der Waals surface area contributed by atoms with Gasteiger partial charge in [0.05, 0.1) is 6.61 Å². The second-order valence-corrected chi connectivity index (χ2v) is 5.54. The first kappa shape index (κ1) is 16.3. The third kappa shape index (κ3) is 5.39. The van der Waals surface area contributed by atoms with Crippen LogP contribution in [-0.2, 0) is 6.54 Å². The molecule has 0 amide bonds. The Kier molecular flexibility index (Phi) is 7.21. The first-order valence-electron chi connectivity index (χ1n) is 6.93. The van der Waals surface area contributed by atoms with Crippen molar-refractivity contribution in [1.29, 1.82) is 0 Å². The van der Waals surface area contributed by atoms with E-state index in [4.69, 9.17) is 16.7 Å². The highest BCUT2D eigenvalue weighted by atomic mass is 35.5. The number of aliphatic hydroxyl groups excluding tert-OH is 1. The lowest BCUT2D eigenvalue weighted by Crippen LogP contribution is -2.28. The molecule has 0 heterocycles. The molecular weight excluding hydrogens is 260 g/mol. The van der Waals surface area contributed by atoms with Crippen molar-refractivity contribution in [2.24, 2.45) is 5.92 Å². The Morgan fingerprint density at radius 2 is 2.11 bits per heavy atom. The van der Waals surface area contributed by atoms with E-state index < -0.39 is 0 Å². The van der Waals surface area contributed by atoms with Crippen LogP contribution >= 0.6 is 11.6 Å². The zero-order valence-electron chi connectivity index (χ0n) is 12.1. The second kappa shape index (κ2) is 8.41. The van der Waals surface area contributed by atoms with E-state index in [-0.39, 0.29) is 6.61 Å². The van der Waals surface area contributed by atoms with E-state index in [0.717, 1.165) is 30.3 Å². The molecule has 0 aliphatic rings. The van der Waals surface area contributed by atoms with Gasteiger partial charge in [0.2, 0.25) is 0 Å². The summed E-state index contributed by atoms with van der Waals surface area (Å²) in [5, 5.41) is 13.3. The van der Waals surface area contributed by atoms with Crippen LogP contribution in [0.3, 0.4) is 0 Å². The minimum absolute atomic E-state index is 0.152. The molecule has 0 fully saturated rings. The summed E-state index contributed by atoms with van der Waals surface area (Å²) in [4.78, 5) is 2.15. The highest BCUT2D eigenvalue weighted by Crippen LogP contribution is 2.24. The van der Waals surface area contributed by atoms with Crippen LogP contribution < -0.4 is 10.2 Å². The van der Waals surface area contributed by atoms with Gasteiger partial charge in [0.1, 0.15) is 0 Å². The Morgan fingerprint density at radius 1 is 1.37 bits per heavy atom. The van der Waals surface area contributed by atoms with Crippen molar-refractivity contribution in [2.75, 3.05) is 31.1 Å². The van der Waals surface area contributed by atoms with Crippen LogP contribution in [0.5, 0.6) is 0 Å². The van der Waals surface area contributed by atoms with E-state index in [0.29, 0.717) is 12.5 Å². The lowest BCUT2D eigenvalue weighted by molar-refractivity contribution is 0.302. The summed E-state index contributed by atoms with van der Waals surface area (Å²) in [5.74, 6) is 0.635. The fourth-order valence-electron chi connectivity index (χ4n) is 2.05. The maximum absolute atomic E-state index is 9.15. The number of rotatable bonds is 8. The number of hydrogen-bond donors (Lipinski definition) is 2. The Hall–Kier alpha value is -0.770. The molecule has 0 spiro atoms. The van der Waals surface area contributed by atoms with E-state index in [1.54, 1.807) is 0 Å². The number of likely N-dealkylation sites (N-methyl/N-ethyl adjacent to an activating group) is 1. The summed E-state index contributed by atoms with van der Waals surface area (Å²) in [6.07, 6.45) is 0. The Bertz CT molecular complexity index is 382. The molecule has 1 aromatic rings. The molecule has 0 saturated heterocycles. The van der Waals surface area contributed by atoms with Crippen LogP contribution in [-0.4, -0.2) is 31.3 Å². The van der Waals surface area contributed by atoms with Gasteiger partial charge in [-0.3, -0.25) is 0 Å². The Labute approximate surface area is 121 Å². The number of nitrogens with zero attached hydrogens (tertiary/aromatic N) is 1. The predicted molar refractivity (Wildman–Crippen MR) is 83.0 cm³/mol. The molecule has 0 saturated carbocycles. The molecular formula is C15H25ClN2O. The molecule has 0 bridgehead atoms. The normalized spacial score (nSPS) is 11.1. The molecule has 0 unspecified atom stereocenters. The fraction of sp³-hybridized carbons (Fsp3) is 0.600. The lowest BCUT2D eigenvalue weighted by atomic mass is 10.1. The summed E-state index contributed by atoms with van der Waals surface area (Å²) in [5.41, 5.74) is 2.33. The Morgan fingerprint density at radius 3 is 2.68 bits per heavy atom. The molecule has 1 rings (SSSR count). The summed E-state index contributed by atoms with van der Waals surface area (Å²) in [6.45, 7) is 9.94. The van der Waals surface area contributed by atoms with Crippen molar-refractivity contribution in [3.63, 3.8) is 0 Å². The van der Waals surface area contributed by atoms with E-state index >= 15 is 0 Å². The average molecular weight is 285 g/mol. The lowest BCUT2D eigenvalue weighted by Gasteiger charge is -2.25. The number of hydrogen-bond acceptors (Lipinski definition) is 3. The summed E-state index contributed by atoms with van der Waals surface area (Å²) in [6, 6.07) is 5.96. The first-order valence-corrected chi connectivity index (χ1v) is 7.31. The van der Waals surface area contributed by atoms with Crippen molar-refractivity contribution >= 4 is 17.3 Å². The molecule has 4 heteroatoms. The van der Waals surface area contributed by atoms with Crippen molar-refractivity contribution in [3.8, 4) is 0 Å².